The molecule has 6 nitrogen and oxygen atoms in total. The lowest BCUT2D eigenvalue weighted by Crippen LogP contribution is -2.30. The number of benzene rings is 2. The molecule has 0 unspecified atom stereocenters. The molecule has 0 radical (unpaired) electrons. The fourth-order valence-electron chi connectivity index (χ4n) is 4.09. The van der Waals surface area contributed by atoms with Crippen molar-refractivity contribution < 1.29 is 21.0 Å². The van der Waals surface area contributed by atoms with Gasteiger partial charge in [-0.05, 0) is 24.6 Å². The summed E-state index contributed by atoms with van der Waals surface area (Å²) in [5, 5.41) is -0.575. The van der Waals surface area contributed by atoms with E-state index in [1.807, 2.05) is 37.3 Å². The molecule has 4 rings (SSSR count). The minimum atomic E-state index is -4.01. The third kappa shape index (κ3) is 3.87. The Bertz CT molecular complexity index is 1050. The van der Waals surface area contributed by atoms with Crippen LogP contribution in [0.3, 0.4) is 0 Å². The predicted octanol–water partition coefficient (Wildman–Crippen LogP) is 2.00. The van der Waals surface area contributed by atoms with E-state index >= 15 is 0 Å². The van der Waals surface area contributed by atoms with E-state index in [2.05, 4.69) is 4.90 Å². The number of sulfone groups is 1. The number of likely N-dealkylation sites (tertiary alicyclic amines) is 1. The van der Waals surface area contributed by atoms with Gasteiger partial charge in [0.1, 0.15) is 0 Å². The summed E-state index contributed by atoms with van der Waals surface area (Å²) in [6.45, 7) is 3.42. The molecular weight excluding hydrogens is 398 g/mol. The second-order valence-electron chi connectivity index (χ2n) is 7.61. The minimum Gasteiger partial charge on any atom is -0.297 e. The Labute approximate surface area is 166 Å². The van der Waals surface area contributed by atoms with Crippen molar-refractivity contribution >= 4 is 20.0 Å². The van der Waals surface area contributed by atoms with Gasteiger partial charge in [-0.1, -0.05) is 48.0 Å². The molecule has 28 heavy (non-hydrogen) atoms. The first-order valence-electron chi connectivity index (χ1n) is 9.22. The summed E-state index contributed by atoms with van der Waals surface area (Å²) >= 11 is 0. The van der Waals surface area contributed by atoms with E-state index in [1.54, 1.807) is 12.1 Å². The van der Waals surface area contributed by atoms with Crippen LogP contribution in [-0.4, -0.2) is 51.9 Å². The number of fused-ring (bicyclic) bond motifs is 1. The molecule has 2 aromatic carbocycles. The zero-order valence-corrected chi connectivity index (χ0v) is 17.2. The molecule has 0 saturated carbocycles. The van der Waals surface area contributed by atoms with Gasteiger partial charge in [0.2, 0.25) is 0 Å². The van der Waals surface area contributed by atoms with Crippen molar-refractivity contribution in [2.75, 3.05) is 18.8 Å². The summed E-state index contributed by atoms with van der Waals surface area (Å²) in [4.78, 5) is 2.12. The third-order valence-electron chi connectivity index (χ3n) is 5.53. The average Bonchev–Trinajstić information content (AvgIpc) is 3.15. The van der Waals surface area contributed by atoms with E-state index in [0.717, 1.165) is 11.1 Å². The van der Waals surface area contributed by atoms with Gasteiger partial charge in [0.15, 0.2) is 9.84 Å². The van der Waals surface area contributed by atoms with Crippen LogP contribution in [0.2, 0.25) is 0 Å². The SMILES string of the molecule is Cc1ccc(S(=O)(=O)O[C@H]2CS(=O)(=O)[C@@H]3CN(Cc4ccccc4)C[C@H]23)cc1. The summed E-state index contributed by atoms with van der Waals surface area (Å²) in [7, 11) is -7.40. The van der Waals surface area contributed by atoms with Crippen molar-refractivity contribution in [3.8, 4) is 0 Å². The van der Waals surface area contributed by atoms with Crippen LogP contribution < -0.4 is 0 Å². The minimum absolute atomic E-state index is 0.0538. The molecule has 2 fully saturated rings. The summed E-state index contributed by atoms with van der Waals surface area (Å²) in [5.41, 5.74) is 2.04. The molecular formula is C20H23NO5S2. The van der Waals surface area contributed by atoms with Crippen LogP contribution in [0.4, 0.5) is 0 Å². The number of rotatable bonds is 5. The van der Waals surface area contributed by atoms with Crippen molar-refractivity contribution in [3.05, 3.63) is 65.7 Å². The largest absolute Gasteiger partial charge is 0.297 e. The lowest BCUT2D eigenvalue weighted by atomic mass is 10.0. The first-order chi connectivity index (χ1) is 13.2. The molecule has 2 saturated heterocycles. The molecule has 2 aliphatic rings. The monoisotopic (exact) mass is 421 g/mol. The van der Waals surface area contributed by atoms with Gasteiger partial charge in [-0.2, -0.15) is 8.42 Å². The summed E-state index contributed by atoms with van der Waals surface area (Å²) in [6.07, 6.45) is -0.845. The molecule has 8 heteroatoms. The number of nitrogens with zero attached hydrogens (tertiary/aromatic N) is 1. The molecule has 2 aliphatic heterocycles. The van der Waals surface area contributed by atoms with Gasteiger partial charge < -0.3 is 0 Å². The highest BCUT2D eigenvalue weighted by molar-refractivity contribution is 7.92. The predicted molar refractivity (Wildman–Crippen MR) is 106 cm³/mol. The Morgan fingerprint density at radius 3 is 2.39 bits per heavy atom. The maximum atomic E-state index is 12.6. The van der Waals surface area contributed by atoms with Gasteiger partial charge in [-0.15, -0.1) is 0 Å². The van der Waals surface area contributed by atoms with E-state index < -0.39 is 31.3 Å². The quantitative estimate of drug-likeness (QED) is 0.687. The van der Waals surface area contributed by atoms with Crippen LogP contribution >= 0.6 is 0 Å². The Morgan fingerprint density at radius 1 is 1.04 bits per heavy atom. The summed E-state index contributed by atoms with van der Waals surface area (Å²) in [5.74, 6) is -0.582. The van der Waals surface area contributed by atoms with Crippen molar-refractivity contribution in [3.63, 3.8) is 0 Å². The topological polar surface area (TPSA) is 80.8 Å². The number of hydrogen-bond donors (Lipinski definition) is 0. The molecule has 0 N–H and O–H groups in total. The van der Waals surface area contributed by atoms with Crippen molar-refractivity contribution in [2.24, 2.45) is 5.92 Å². The van der Waals surface area contributed by atoms with Gasteiger partial charge in [0.25, 0.3) is 10.1 Å². The van der Waals surface area contributed by atoms with Crippen molar-refractivity contribution in [1.29, 1.82) is 0 Å². The zero-order chi connectivity index (χ0) is 19.9. The van der Waals surface area contributed by atoms with Gasteiger partial charge in [-0.25, -0.2) is 8.42 Å². The number of aryl methyl sites for hydroxylation is 1. The van der Waals surface area contributed by atoms with Crippen LogP contribution in [0, 0.1) is 12.8 Å². The fourth-order valence-corrected chi connectivity index (χ4v) is 7.54. The summed E-state index contributed by atoms with van der Waals surface area (Å²) < 4.78 is 56.0. The number of hydrogen-bond acceptors (Lipinski definition) is 6. The molecule has 2 heterocycles. The second-order valence-corrected chi connectivity index (χ2v) is 11.5. The molecule has 0 aromatic heterocycles. The maximum absolute atomic E-state index is 12.6. The molecule has 0 aliphatic carbocycles. The highest BCUT2D eigenvalue weighted by Crippen LogP contribution is 2.37. The smallest absolute Gasteiger partial charge is 0.297 e. The van der Waals surface area contributed by atoms with E-state index in [1.165, 1.54) is 12.1 Å². The van der Waals surface area contributed by atoms with E-state index in [0.29, 0.717) is 19.6 Å². The van der Waals surface area contributed by atoms with Crippen molar-refractivity contribution in [2.45, 2.75) is 29.7 Å². The lowest BCUT2D eigenvalue weighted by Gasteiger charge is -2.20. The Morgan fingerprint density at radius 2 is 1.71 bits per heavy atom. The molecule has 0 amide bonds. The third-order valence-corrected chi connectivity index (χ3v) is 9.09. The van der Waals surface area contributed by atoms with Gasteiger partial charge in [0, 0.05) is 25.6 Å². The van der Waals surface area contributed by atoms with Crippen LogP contribution in [-0.2, 0) is 30.7 Å². The average molecular weight is 422 g/mol. The first-order valence-corrected chi connectivity index (χ1v) is 12.3. The Balaban J connectivity index is 1.52. The van der Waals surface area contributed by atoms with Crippen LogP contribution in [0.5, 0.6) is 0 Å². The second kappa shape index (κ2) is 7.26. The zero-order valence-electron chi connectivity index (χ0n) is 15.6. The van der Waals surface area contributed by atoms with Crippen molar-refractivity contribution in [1.82, 2.24) is 4.90 Å². The van der Waals surface area contributed by atoms with E-state index in [4.69, 9.17) is 4.18 Å². The van der Waals surface area contributed by atoms with Crippen LogP contribution in [0.25, 0.3) is 0 Å². The van der Waals surface area contributed by atoms with Crippen LogP contribution in [0.15, 0.2) is 59.5 Å². The van der Waals surface area contributed by atoms with Gasteiger partial charge in [-0.3, -0.25) is 9.08 Å². The van der Waals surface area contributed by atoms with Gasteiger partial charge >= 0.3 is 0 Å². The van der Waals surface area contributed by atoms with E-state index in [9.17, 15) is 16.8 Å². The molecule has 3 atom stereocenters. The van der Waals surface area contributed by atoms with Crippen LogP contribution in [0.1, 0.15) is 11.1 Å². The standard InChI is InChI=1S/C20H23NO5S2/c1-15-7-9-17(10-8-15)28(24,25)26-19-14-27(22,23)20-13-21(12-18(19)20)11-16-5-3-2-4-6-16/h2-10,18-20H,11-14H2,1H3/t18-,19+,20-/m1/s1. The lowest BCUT2D eigenvalue weighted by molar-refractivity contribution is 0.170. The first kappa shape index (κ1) is 19.6. The normalized spacial score (nSPS) is 27.0. The Kier molecular flexibility index (Phi) is 5.07. The maximum Gasteiger partial charge on any atom is 0.297 e. The van der Waals surface area contributed by atoms with Gasteiger partial charge in [0.05, 0.1) is 22.0 Å². The molecule has 0 bridgehead atoms. The molecule has 2 aromatic rings. The molecule has 150 valence electrons. The Hall–Kier alpha value is -1.74. The summed E-state index contributed by atoms with van der Waals surface area (Å²) in [6, 6.07) is 16.2. The van der Waals surface area contributed by atoms with E-state index in [-0.39, 0.29) is 16.6 Å². The highest BCUT2D eigenvalue weighted by atomic mass is 32.2. The fraction of sp³-hybridized carbons (Fsp3) is 0.400. The highest BCUT2D eigenvalue weighted by Gasteiger charge is 2.53. The molecule has 0 spiro atoms.